The Morgan fingerprint density at radius 3 is 2.71 bits per heavy atom. The van der Waals surface area contributed by atoms with Crippen LogP contribution in [0.2, 0.25) is 0 Å². The van der Waals surface area contributed by atoms with E-state index in [4.69, 9.17) is 10.5 Å². The van der Waals surface area contributed by atoms with Crippen molar-refractivity contribution < 1.29 is 27.5 Å². The maximum Gasteiger partial charge on any atom is 0.416 e. The minimum absolute atomic E-state index is 0.0164. The zero-order valence-corrected chi connectivity index (χ0v) is 18.9. The van der Waals surface area contributed by atoms with Crippen molar-refractivity contribution in [2.24, 2.45) is 0 Å². The number of nitrogen functional groups attached to an aromatic ring is 1. The molecular weight excluding hydrogens is 471 g/mol. The molecule has 1 aliphatic heterocycles. The number of hydrogen-bond donors (Lipinski definition) is 2. The maximum absolute atomic E-state index is 13.4. The molecule has 2 amide bonds. The SMILES string of the molecule is Cc1cc(NC(=O)C(=O)N(C(C)c2nccs2)C2COc3cc(C(F)(F)F)ccc32)cnc1N. The highest BCUT2D eigenvalue weighted by atomic mass is 32.1. The van der Waals surface area contributed by atoms with Crippen LogP contribution in [-0.2, 0) is 15.8 Å². The first-order valence-corrected chi connectivity index (χ1v) is 11.0. The van der Waals surface area contributed by atoms with Crippen molar-refractivity contribution in [3.05, 3.63) is 63.7 Å². The van der Waals surface area contributed by atoms with Crippen molar-refractivity contribution in [1.29, 1.82) is 0 Å². The fraction of sp³-hybridized carbons (Fsp3) is 0.273. The van der Waals surface area contributed by atoms with Gasteiger partial charge in [0, 0.05) is 17.1 Å². The molecule has 3 heterocycles. The standard InChI is InChI=1S/C22H20F3N5O3S/c1-11-7-14(9-28-18(11)26)29-19(31)21(32)30(12(2)20-27-5-6-34-20)16-10-33-17-8-13(22(23,24)25)3-4-15(16)17/h3-9,12,16H,10H2,1-2H3,(H2,26,28)(H,29,31). The molecule has 12 heteroatoms. The Bertz CT molecular complexity index is 1230. The van der Waals surface area contributed by atoms with Crippen LogP contribution < -0.4 is 15.8 Å². The zero-order valence-electron chi connectivity index (χ0n) is 18.1. The van der Waals surface area contributed by atoms with Gasteiger partial charge in [-0.25, -0.2) is 9.97 Å². The molecule has 8 nitrogen and oxygen atoms in total. The molecule has 3 aromatic rings. The number of aryl methyl sites for hydroxylation is 1. The second kappa shape index (κ2) is 8.93. The number of nitrogens with zero attached hydrogens (tertiary/aromatic N) is 3. The predicted octanol–water partition coefficient (Wildman–Crippen LogP) is 4.11. The quantitative estimate of drug-likeness (QED) is 0.532. The number of ether oxygens (including phenoxy) is 1. The molecule has 178 valence electrons. The number of aromatic nitrogens is 2. The lowest BCUT2D eigenvalue weighted by Gasteiger charge is -2.32. The van der Waals surface area contributed by atoms with Crippen molar-refractivity contribution >= 4 is 34.7 Å². The summed E-state index contributed by atoms with van der Waals surface area (Å²) in [5.74, 6) is -1.52. The average molecular weight is 491 g/mol. The van der Waals surface area contributed by atoms with Gasteiger partial charge in [0.2, 0.25) is 0 Å². The van der Waals surface area contributed by atoms with Crippen molar-refractivity contribution in [2.45, 2.75) is 32.1 Å². The fourth-order valence-corrected chi connectivity index (χ4v) is 4.40. The van der Waals surface area contributed by atoms with Crippen molar-refractivity contribution in [3.8, 4) is 5.75 Å². The Labute approximate surface area is 196 Å². The first kappa shape index (κ1) is 23.5. The molecule has 0 saturated carbocycles. The normalized spacial score (nSPS) is 15.9. The van der Waals surface area contributed by atoms with Crippen LogP contribution in [0.3, 0.4) is 0 Å². The molecule has 2 unspecified atom stereocenters. The number of hydrogen-bond acceptors (Lipinski definition) is 7. The zero-order chi connectivity index (χ0) is 24.6. The summed E-state index contributed by atoms with van der Waals surface area (Å²) in [5, 5.41) is 4.80. The molecule has 0 fully saturated rings. The lowest BCUT2D eigenvalue weighted by atomic mass is 10.0. The van der Waals surface area contributed by atoms with Crippen LogP contribution in [0.5, 0.6) is 5.75 Å². The maximum atomic E-state index is 13.4. The highest BCUT2D eigenvalue weighted by molar-refractivity contribution is 7.09. The molecule has 34 heavy (non-hydrogen) atoms. The minimum Gasteiger partial charge on any atom is -0.491 e. The first-order valence-electron chi connectivity index (χ1n) is 10.2. The lowest BCUT2D eigenvalue weighted by molar-refractivity contribution is -0.147. The third-order valence-corrected chi connectivity index (χ3v) is 6.41. The topological polar surface area (TPSA) is 110 Å². The van der Waals surface area contributed by atoms with Gasteiger partial charge in [-0.1, -0.05) is 6.07 Å². The van der Waals surface area contributed by atoms with Gasteiger partial charge in [0.15, 0.2) is 0 Å². The number of anilines is 2. The van der Waals surface area contributed by atoms with Crippen LogP contribution in [0.1, 0.15) is 40.7 Å². The largest absolute Gasteiger partial charge is 0.491 e. The van der Waals surface area contributed by atoms with Crippen LogP contribution >= 0.6 is 11.3 Å². The van der Waals surface area contributed by atoms with Gasteiger partial charge < -0.3 is 20.7 Å². The number of carbonyl (C=O) groups excluding carboxylic acids is 2. The van der Waals surface area contributed by atoms with E-state index in [9.17, 15) is 22.8 Å². The van der Waals surface area contributed by atoms with Crippen LogP contribution in [0.15, 0.2) is 42.0 Å². The number of fused-ring (bicyclic) bond motifs is 1. The molecule has 0 saturated heterocycles. The Morgan fingerprint density at radius 2 is 2.06 bits per heavy atom. The van der Waals surface area contributed by atoms with Gasteiger partial charge >= 0.3 is 18.0 Å². The summed E-state index contributed by atoms with van der Waals surface area (Å²) >= 11 is 1.29. The molecule has 2 aromatic heterocycles. The monoisotopic (exact) mass is 491 g/mol. The highest BCUT2D eigenvalue weighted by Gasteiger charge is 2.41. The third kappa shape index (κ3) is 4.53. The van der Waals surface area contributed by atoms with E-state index in [2.05, 4.69) is 15.3 Å². The third-order valence-electron chi connectivity index (χ3n) is 5.46. The summed E-state index contributed by atoms with van der Waals surface area (Å²) in [7, 11) is 0. The molecule has 0 bridgehead atoms. The van der Waals surface area contributed by atoms with Crippen LogP contribution in [0.25, 0.3) is 0 Å². The average Bonchev–Trinajstić information content (AvgIpc) is 3.46. The Hall–Kier alpha value is -3.67. The van der Waals surface area contributed by atoms with E-state index in [1.165, 1.54) is 28.5 Å². The van der Waals surface area contributed by atoms with Gasteiger partial charge in [-0.2, -0.15) is 13.2 Å². The van der Waals surface area contributed by atoms with Gasteiger partial charge in [0.25, 0.3) is 0 Å². The molecule has 4 rings (SSSR count). The van der Waals surface area contributed by atoms with Crippen molar-refractivity contribution in [1.82, 2.24) is 14.9 Å². The number of rotatable bonds is 4. The van der Waals surface area contributed by atoms with Crippen molar-refractivity contribution in [3.63, 3.8) is 0 Å². The van der Waals surface area contributed by atoms with E-state index in [-0.39, 0.29) is 18.0 Å². The summed E-state index contributed by atoms with van der Waals surface area (Å²) < 4.78 is 44.9. The van der Waals surface area contributed by atoms with Gasteiger partial charge in [0.05, 0.1) is 29.5 Å². The number of amides is 2. The predicted molar refractivity (Wildman–Crippen MR) is 119 cm³/mol. The molecule has 0 radical (unpaired) electrons. The van der Waals surface area contributed by atoms with Gasteiger partial charge in [-0.05, 0) is 37.6 Å². The first-order chi connectivity index (χ1) is 16.1. The number of alkyl halides is 3. The molecule has 1 aromatic carbocycles. The summed E-state index contributed by atoms with van der Waals surface area (Å²) in [6.07, 6.45) is -1.64. The highest BCUT2D eigenvalue weighted by Crippen LogP contribution is 2.43. The van der Waals surface area contributed by atoms with E-state index < -0.39 is 35.6 Å². The number of nitrogens with two attached hydrogens (primary N) is 1. The number of carbonyl (C=O) groups is 2. The fourth-order valence-electron chi connectivity index (χ4n) is 3.70. The molecule has 0 aliphatic carbocycles. The van der Waals surface area contributed by atoms with E-state index in [1.807, 2.05) is 0 Å². The van der Waals surface area contributed by atoms with Gasteiger partial charge in [-0.15, -0.1) is 11.3 Å². The Morgan fingerprint density at radius 1 is 1.29 bits per heavy atom. The summed E-state index contributed by atoms with van der Waals surface area (Å²) in [5.41, 5.74) is 6.12. The number of pyridine rings is 1. The minimum atomic E-state index is -4.54. The smallest absolute Gasteiger partial charge is 0.416 e. The number of thiazole rings is 1. The molecule has 1 aliphatic rings. The Balaban J connectivity index is 1.66. The van der Waals surface area contributed by atoms with Crippen LogP contribution in [0, 0.1) is 6.92 Å². The van der Waals surface area contributed by atoms with Gasteiger partial charge in [-0.3, -0.25) is 9.59 Å². The molecule has 3 N–H and O–H groups in total. The van der Waals surface area contributed by atoms with E-state index in [1.54, 1.807) is 31.5 Å². The molecule has 2 atom stereocenters. The molecular formula is C22H20F3N5O3S. The summed E-state index contributed by atoms with van der Waals surface area (Å²) in [6, 6.07) is 3.24. The number of nitrogens with one attached hydrogen (secondary N) is 1. The van der Waals surface area contributed by atoms with Crippen LogP contribution in [0.4, 0.5) is 24.7 Å². The van der Waals surface area contributed by atoms with Gasteiger partial charge in [0.1, 0.15) is 23.2 Å². The summed E-state index contributed by atoms with van der Waals surface area (Å²) in [4.78, 5) is 35.8. The lowest BCUT2D eigenvalue weighted by Crippen LogP contribution is -2.44. The van der Waals surface area contributed by atoms with Crippen LogP contribution in [-0.4, -0.2) is 33.3 Å². The second-order valence-corrected chi connectivity index (χ2v) is 8.64. The van der Waals surface area contributed by atoms with E-state index in [0.717, 1.165) is 12.1 Å². The summed E-state index contributed by atoms with van der Waals surface area (Å²) in [6.45, 7) is 3.30. The molecule has 0 spiro atoms. The Kier molecular flexibility index (Phi) is 6.17. The van der Waals surface area contributed by atoms with Crippen molar-refractivity contribution in [2.75, 3.05) is 17.7 Å². The van der Waals surface area contributed by atoms with E-state index >= 15 is 0 Å². The van der Waals surface area contributed by atoms with E-state index in [0.29, 0.717) is 22.0 Å². The number of halogens is 3. The second-order valence-electron chi connectivity index (χ2n) is 7.72. The number of benzene rings is 1.